The first-order chi connectivity index (χ1) is 10.7. The maximum atomic E-state index is 12.4. The molecule has 0 saturated carbocycles. The van der Waals surface area contributed by atoms with E-state index in [0.717, 1.165) is 62.6 Å². The molecular weight excluding hydrogens is 278 g/mol. The number of carbonyl (C=O) groups is 1. The zero-order valence-electron chi connectivity index (χ0n) is 13.3. The van der Waals surface area contributed by atoms with Crippen LogP contribution in [0.4, 0.5) is 0 Å². The van der Waals surface area contributed by atoms with Crippen LogP contribution in [0.25, 0.3) is 0 Å². The number of piperidine rings is 1. The molecular formula is C18H25NO3. The summed E-state index contributed by atoms with van der Waals surface area (Å²) in [5.74, 6) is 1.68. The second kappa shape index (κ2) is 7.14. The van der Waals surface area contributed by atoms with Gasteiger partial charge in [0, 0.05) is 25.3 Å². The Hall–Kier alpha value is -1.55. The van der Waals surface area contributed by atoms with E-state index in [4.69, 9.17) is 9.47 Å². The molecule has 22 heavy (non-hydrogen) atoms. The van der Waals surface area contributed by atoms with E-state index in [-0.39, 0.29) is 12.0 Å². The standard InChI is InChI=1S/C18H25NO3/c1-14-8-10-19(11-9-14)18(20)15-4-6-16(7-5-15)22-13-17-3-2-12-21-17/h4-7,14,17H,2-3,8-13H2,1H3. The van der Waals surface area contributed by atoms with Gasteiger partial charge in [0.15, 0.2) is 0 Å². The zero-order chi connectivity index (χ0) is 15.4. The molecule has 3 rings (SSSR count). The molecule has 1 aromatic carbocycles. The maximum absolute atomic E-state index is 12.4. The number of carbonyl (C=O) groups excluding carboxylic acids is 1. The van der Waals surface area contributed by atoms with E-state index in [1.807, 2.05) is 29.2 Å². The number of nitrogens with zero attached hydrogens (tertiary/aromatic N) is 1. The highest BCUT2D eigenvalue weighted by molar-refractivity contribution is 5.94. The lowest BCUT2D eigenvalue weighted by atomic mass is 9.98. The predicted octanol–water partition coefficient (Wildman–Crippen LogP) is 3.12. The van der Waals surface area contributed by atoms with Crippen LogP contribution in [-0.2, 0) is 4.74 Å². The monoisotopic (exact) mass is 303 g/mol. The van der Waals surface area contributed by atoms with Crippen molar-refractivity contribution in [2.75, 3.05) is 26.3 Å². The Labute approximate surface area is 132 Å². The lowest BCUT2D eigenvalue weighted by molar-refractivity contribution is 0.0675. The number of ether oxygens (including phenoxy) is 2. The predicted molar refractivity (Wildman–Crippen MR) is 85.2 cm³/mol. The van der Waals surface area contributed by atoms with Crippen molar-refractivity contribution >= 4 is 5.91 Å². The lowest BCUT2D eigenvalue weighted by Gasteiger charge is -2.30. The van der Waals surface area contributed by atoms with Crippen LogP contribution < -0.4 is 4.74 Å². The van der Waals surface area contributed by atoms with E-state index in [2.05, 4.69) is 6.92 Å². The third-order valence-corrected chi connectivity index (χ3v) is 4.63. The van der Waals surface area contributed by atoms with Gasteiger partial charge in [-0.05, 0) is 55.9 Å². The van der Waals surface area contributed by atoms with Gasteiger partial charge in [0.1, 0.15) is 12.4 Å². The van der Waals surface area contributed by atoms with Crippen LogP contribution in [0.15, 0.2) is 24.3 Å². The average Bonchev–Trinajstić information content (AvgIpc) is 3.07. The fourth-order valence-corrected chi connectivity index (χ4v) is 3.05. The molecule has 0 radical (unpaired) electrons. The summed E-state index contributed by atoms with van der Waals surface area (Å²) in [6.45, 7) is 5.43. The molecule has 1 atom stereocenters. The highest BCUT2D eigenvalue weighted by Crippen LogP contribution is 2.20. The first-order valence-corrected chi connectivity index (χ1v) is 8.36. The topological polar surface area (TPSA) is 38.8 Å². The Morgan fingerprint density at radius 1 is 1.23 bits per heavy atom. The molecule has 2 saturated heterocycles. The minimum absolute atomic E-state index is 0.137. The van der Waals surface area contributed by atoms with Gasteiger partial charge in [0.2, 0.25) is 0 Å². The van der Waals surface area contributed by atoms with Crippen LogP contribution in [0.5, 0.6) is 5.75 Å². The molecule has 0 bridgehead atoms. The van der Waals surface area contributed by atoms with Crippen molar-refractivity contribution in [1.29, 1.82) is 0 Å². The number of likely N-dealkylation sites (tertiary alicyclic amines) is 1. The molecule has 120 valence electrons. The molecule has 1 aromatic rings. The lowest BCUT2D eigenvalue weighted by Crippen LogP contribution is -2.37. The van der Waals surface area contributed by atoms with Crippen LogP contribution >= 0.6 is 0 Å². The molecule has 2 aliphatic heterocycles. The van der Waals surface area contributed by atoms with Crippen molar-refractivity contribution in [3.63, 3.8) is 0 Å². The fraction of sp³-hybridized carbons (Fsp3) is 0.611. The number of benzene rings is 1. The van der Waals surface area contributed by atoms with Crippen molar-refractivity contribution in [1.82, 2.24) is 4.90 Å². The van der Waals surface area contributed by atoms with Gasteiger partial charge in [-0.15, -0.1) is 0 Å². The maximum Gasteiger partial charge on any atom is 0.253 e. The van der Waals surface area contributed by atoms with E-state index >= 15 is 0 Å². The van der Waals surface area contributed by atoms with Gasteiger partial charge in [0.25, 0.3) is 5.91 Å². The van der Waals surface area contributed by atoms with Gasteiger partial charge < -0.3 is 14.4 Å². The number of hydrogen-bond acceptors (Lipinski definition) is 3. The molecule has 2 fully saturated rings. The van der Waals surface area contributed by atoms with Crippen LogP contribution in [0, 0.1) is 5.92 Å². The molecule has 4 heteroatoms. The van der Waals surface area contributed by atoms with E-state index in [9.17, 15) is 4.79 Å². The van der Waals surface area contributed by atoms with Crippen LogP contribution in [0.2, 0.25) is 0 Å². The molecule has 1 amide bonds. The molecule has 4 nitrogen and oxygen atoms in total. The van der Waals surface area contributed by atoms with Gasteiger partial charge in [-0.3, -0.25) is 4.79 Å². The average molecular weight is 303 g/mol. The van der Waals surface area contributed by atoms with Crippen molar-refractivity contribution < 1.29 is 14.3 Å². The minimum atomic E-state index is 0.137. The summed E-state index contributed by atoms with van der Waals surface area (Å²) in [5.41, 5.74) is 0.749. The van der Waals surface area contributed by atoms with Gasteiger partial charge in [-0.2, -0.15) is 0 Å². The summed E-state index contributed by atoms with van der Waals surface area (Å²) in [6.07, 6.45) is 4.62. The third kappa shape index (κ3) is 3.80. The van der Waals surface area contributed by atoms with Crippen molar-refractivity contribution in [2.24, 2.45) is 5.92 Å². The summed E-state index contributed by atoms with van der Waals surface area (Å²) >= 11 is 0. The fourth-order valence-electron chi connectivity index (χ4n) is 3.05. The van der Waals surface area contributed by atoms with Crippen LogP contribution in [0.1, 0.15) is 43.0 Å². The largest absolute Gasteiger partial charge is 0.491 e. The summed E-state index contributed by atoms with van der Waals surface area (Å²) in [7, 11) is 0. The third-order valence-electron chi connectivity index (χ3n) is 4.63. The second-order valence-electron chi connectivity index (χ2n) is 6.45. The van der Waals surface area contributed by atoms with Gasteiger partial charge in [0.05, 0.1) is 6.10 Å². The van der Waals surface area contributed by atoms with Crippen molar-refractivity contribution in [3.05, 3.63) is 29.8 Å². The molecule has 1 unspecified atom stereocenters. The Bertz CT molecular complexity index is 486. The quantitative estimate of drug-likeness (QED) is 0.858. The van der Waals surface area contributed by atoms with E-state index in [0.29, 0.717) is 6.61 Å². The summed E-state index contributed by atoms with van der Waals surface area (Å²) in [4.78, 5) is 14.4. The molecule has 0 aromatic heterocycles. The molecule has 2 heterocycles. The summed E-state index contributed by atoms with van der Waals surface area (Å²) < 4.78 is 11.3. The van der Waals surface area contributed by atoms with E-state index in [1.165, 1.54) is 0 Å². The van der Waals surface area contributed by atoms with Gasteiger partial charge >= 0.3 is 0 Å². The van der Waals surface area contributed by atoms with E-state index in [1.54, 1.807) is 0 Å². The van der Waals surface area contributed by atoms with Gasteiger partial charge in [-0.1, -0.05) is 6.92 Å². The smallest absolute Gasteiger partial charge is 0.253 e. The first kappa shape index (κ1) is 15.3. The second-order valence-corrected chi connectivity index (χ2v) is 6.45. The minimum Gasteiger partial charge on any atom is -0.491 e. The van der Waals surface area contributed by atoms with E-state index < -0.39 is 0 Å². The number of hydrogen-bond donors (Lipinski definition) is 0. The normalized spacial score (nSPS) is 22.8. The molecule has 0 spiro atoms. The molecule has 0 N–H and O–H groups in total. The molecule has 0 aliphatic carbocycles. The van der Waals surface area contributed by atoms with Crippen LogP contribution in [0.3, 0.4) is 0 Å². The van der Waals surface area contributed by atoms with Crippen molar-refractivity contribution in [3.8, 4) is 5.75 Å². The zero-order valence-corrected chi connectivity index (χ0v) is 13.3. The molecule has 2 aliphatic rings. The van der Waals surface area contributed by atoms with Crippen molar-refractivity contribution in [2.45, 2.75) is 38.7 Å². The Morgan fingerprint density at radius 2 is 1.95 bits per heavy atom. The van der Waals surface area contributed by atoms with Gasteiger partial charge in [-0.25, -0.2) is 0 Å². The highest BCUT2D eigenvalue weighted by Gasteiger charge is 2.21. The Balaban J connectivity index is 1.53. The van der Waals surface area contributed by atoms with Crippen LogP contribution in [-0.4, -0.2) is 43.2 Å². The highest BCUT2D eigenvalue weighted by atomic mass is 16.5. The first-order valence-electron chi connectivity index (χ1n) is 8.36. The Kier molecular flexibility index (Phi) is 4.98. The summed E-state index contributed by atoms with van der Waals surface area (Å²) in [5, 5.41) is 0. The SMILES string of the molecule is CC1CCN(C(=O)c2ccc(OCC3CCCO3)cc2)CC1. The number of rotatable bonds is 4. The number of amides is 1. The Morgan fingerprint density at radius 3 is 2.59 bits per heavy atom. The summed E-state index contributed by atoms with van der Waals surface area (Å²) in [6, 6.07) is 7.50.